The summed E-state index contributed by atoms with van der Waals surface area (Å²) >= 11 is 0. The average Bonchev–Trinajstić information content (AvgIpc) is 3.38. The van der Waals surface area contributed by atoms with Crippen molar-refractivity contribution in [2.75, 3.05) is 25.6 Å². The van der Waals surface area contributed by atoms with E-state index < -0.39 is 17.4 Å². The Morgan fingerprint density at radius 1 is 1.32 bits per heavy atom. The molecule has 2 amide bonds. The molecule has 1 atom stereocenters. The number of carboxylic acid groups (broad SMARTS) is 1. The molecule has 0 radical (unpaired) electrons. The van der Waals surface area contributed by atoms with E-state index in [0.29, 0.717) is 11.4 Å². The molecule has 0 aromatic heterocycles. The lowest BCUT2D eigenvalue weighted by Crippen LogP contribution is -2.56. The zero-order valence-electron chi connectivity index (χ0n) is 14.2. The molecule has 1 aliphatic rings. The van der Waals surface area contributed by atoms with Crippen LogP contribution in [-0.2, 0) is 19.1 Å². The third kappa shape index (κ3) is 5.46. The molecule has 25 heavy (non-hydrogen) atoms. The summed E-state index contributed by atoms with van der Waals surface area (Å²) < 4.78 is 10.2. The van der Waals surface area contributed by atoms with Gasteiger partial charge in [0.1, 0.15) is 5.75 Å². The van der Waals surface area contributed by atoms with Crippen molar-refractivity contribution >= 4 is 23.5 Å². The lowest BCUT2D eigenvalue weighted by molar-refractivity contribution is -0.149. The Bertz CT molecular complexity index is 658. The fourth-order valence-electron chi connectivity index (χ4n) is 2.19. The first-order valence-electron chi connectivity index (χ1n) is 7.91. The van der Waals surface area contributed by atoms with Gasteiger partial charge in [0.25, 0.3) is 5.91 Å². The van der Waals surface area contributed by atoms with Crippen molar-refractivity contribution < 1.29 is 29.0 Å². The van der Waals surface area contributed by atoms with Gasteiger partial charge in [-0.25, -0.2) is 4.79 Å². The van der Waals surface area contributed by atoms with Crippen LogP contribution in [0.5, 0.6) is 5.75 Å². The highest BCUT2D eigenvalue weighted by Crippen LogP contribution is 2.30. The molecule has 8 heteroatoms. The predicted octanol–water partition coefficient (Wildman–Crippen LogP) is 1.02. The number of hydrogen-bond donors (Lipinski definition) is 3. The van der Waals surface area contributed by atoms with Gasteiger partial charge < -0.3 is 25.2 Å². The molecule has 0 spiro atoms. The second-order valence-electron chi connectivity index (χ2n) is 6.20. The van der Waals surface area contributed by atoms with Gasteiger partial charge in [0.2, 0.25) is 5.91 Å². The smallest absolute Gasteiger partial charge is 0.331 e. The molecule has 8 nitrogen and oxygen atoms in total. The molecule has 0 aliphatic heterocycles. The average molecular weight is 350 g/mol. The van der Waals surface area contributed by atoms with E-state index in [2.05, 4.69) is 10.6 Å². The molecule has 1 fully saturated rings. The van der Waals surface area contributed by atoms with Crippen LogP contribution in [0.4, 0.5) is 5.69 Å². The summed E-state index contributed by atoms with van der Waals surface area (Å²) in [4.78, 5) is 35.0. The molecule has 1 saturated carbocycles. The molecular formula is C17H22N2O6. The van der Waals surface area contributed by atoms with Crippen LogP contribution in [-0.4, -0.2) is 48.8 Å². The summed E-state index contributed by atoms with van der Waals surface area (Å²) in [5.41, 5.74) is -0.945. The Morgan fingerprint density at radius 2 is 2.04 bits per heavy atom. The first-order valence-corrected chi connectivity index (χ1v) is 7.91. The number of carbonyl (C=O) groups is 3. The van der Waals surface area contributed by atoms with Crippen LogP contribution in [0.3, 0.4) is 0 Å². The van der Waals surface area contributed by atoms with Crippen molar-refractivity contribution in [3.8, 4) is 5.75 Å². The minimum absolute atomic E-state index is 0.0216. The molecule has 1 unspecified atom stereocenters. The quantitative estimate of drug-likeness (QED) is 0.613. The number of aliphatic carboxylic acids is 1. The summed E-state index contributed by atoms with van der Waals surface area (Å²) in [6.07, 6.45) is 1.82. The van der Waals surface area contributed by atoms with Crippen LogP contribution in [0, 0.1) is 5.92 Å². The third-order valence-corrected chi connectivity index (χ3v) is 3.74. The number of anilines is 1. The van der Waals surface area contributed by atoms with Crippen molar-refractivity contribution in [1.29, 1.82) is 0 Å². The van der Waals surface area contributed by atoms with E-state index in [1.165, 1.54) is 14.0 Å². The minimum atomic E-state index is -1.53. The highest BCUT2D eigenvalue weighted by atomic mass is 16.5. The lowest BCUT2D eigenvalue weighted by atomic mass is 10.0. The Kier molecular flexibility index (Phi) is 5.97. The highest BCUT2D eigenvalue weighted by Gasteiger charge is 2.35. The second kappa shape index (κ2) is 7.98. The monoisotopic (exact) mass is 350 g/mol. The SMILES string of the molecule is COCC(C)(NC(=O)COc1cccc(NC(=O)C2CC2)c1)C(=O)O. The molecule has 0 bridgehead atoms. The number of carbonyl (C=O) groups excluding carboxylic acids is 2. The molecule has 0 heterocycles. The number of rotatable bonds is 9. The van der Waals surface area contributed by atoms with Gasteiger partial charge in [-0.05, 0) is 31.9 Å². The maximum Gasteiger partial charge on any atom is 0.331 e. The van der Waals surface area contributed by atoms with Crippen LogP contribution >= 0.6 is 0 Å². The van der Waals surface area contributed by atoms with Crippen LogP contribution in [0.2, 0.25) is 0 Å². The number of methoxy groups -OCH3 is 1. The first kappa shape index (κ1) is 18.7. The fourth-order valence-corrected chi connectivity index (χ4v) is 2.19. The molecule has 0 saturated heterocycles. The fraction of sp³-hybridized carbons (Fsp3) is 0.471. The Morgan fingerprint density at radius 3 is 2.64 bits per heavy atom. The zero-order chi connectivity index (χ0) is 18.4. The number of benzene rings is 1. The van der Waals surface area contributed by atoms with E-state index >= 15 is 0 Å². The number of ether oxygens (including phenoxy) is 2. The summed E-state index contributed by atoms with van der Waals surface area (Å²) in [6.45, 7) is 0.828. The van der Waals surface area contributed by atoms with Gasteiger partial charge in [0.15, 0.2) is 12.1 Å². The Hall–Kier alpha value is -2.61. The van der Waals surface area contributed by atoms with Crippen LogP contribution in [0.15, 0.2) is 24.3 Å². The van der Waals surface area contributed by atoms with Gasteiger partial charge in [-0.15, -0.1) is 0 Å². The van der Waals surface area contributed by atoms with Crippen molar-refractivity contribution in [2.24, 2.45) is 5.92 Å². The summed E-state index contributed by atoms with van der Waals surface area (Å²) in [5, 5.41) is 14.4. The van der Waals surface area contributed by atoms with Crippen molar-refractivity contribution in [3.05, 3.63) is 24.3 Å². The molecule has 1 aromatic rings. The number of carboxylic acids is 1. The second-order valence-corrected chi connectivity index (χ2v) is 6.20. The van der Waals surface area contributed by atoms with E-state index in [1.54, 1.807) is 24.3 Å². The topological polar surface area (TPSA) is 114 Å². The Balaban J connectivity index is 1.88. The first-order chi connectivity index (χ1) is 11.8. The molecule has 1 aliphatic carbocycles. The normalized spacial score (nSPS) is 15.8. The van der Waals surface area contributed by atoms with Crippen LogP contribution < -0.4 is 15.4 Å². The van der Waals surface area contributed by atoms with Crippen molar-refractivity contribution in [2.45, 2.75) is 25.3 Å². The molecule has 3 N–H and O–H groups in total. The largest absolute Gasteiger partial charge is 0.484 e. The molecule has 2 rings (SSSR count). The maximum absolute atomic E-state index is 11.9. The highest BCUT2D eigenvalue weighted by molar-refractivity contribution is 5.94. The number of hydrogen-bond acceptors (Lipinski definition) is 5. The van der Waals surface area contributed by atoms with E-state index in [-0.39, 0.29) is 25.0 Å². The lowest BCUT2D eigenvalue weighted by Gasteiger charge is -2.25. The standard InChI is InChI=1S/C17H22N2O6/c1-17(10-24-2,16(22)23)19-14(20)9-25-13-5-3-4-12(8-13)18-15(21)11-6-7-11/h3-5,8,11H,6-7,9-10H2,1-2H3,(H,18,21)(H,19,20)(H,22,23). The molecular weight excluding hydrogens is 328 g/mol. The Labute approximate surface area is 145 Å². The summed E-state index contributed by atoms with van der Waals surface area (Å²) in [6, 6.07) is 6.68. The van der Waals surface area contributed by atoms with Crippen LogP contribution in [0.25, 0.3) is 0 Å². The van der Waals surface area contributed by atoms with Gasteiger partial charge >= 0.3 is 5.97 Å². The van der Waals surface area contributed by atoms with Gasteiger partial charge in [-0.2, -0.15) is 0 Å². The molecule has 136 valence electrons. The van der Waals surface area contributed by atoms with E-state index in [9.17, 15) is 19.5 Å². The summed E-state index contributed by atoms with van der Waals surface area (Å²) in [5.74, 6) is -1.33. The zero-order valence-corrected chi connectivity index (χ0v) is 14.2. The van der Waals surface area contributed by atoms with Gasteiger partial charge in [0, 0.05) is 24.8 Å². The molecule has 1 aromatic carbocycles. The van der Waals surface area contributed by atoms with E-state index in [1.807, 2.05) is 0 Å². The van der Waals surface area contributed by atoms with Crippen molar-refractivity contribution in [1.82, 2.24) is 5.32 Å². The van der Waals surface area contributed by atoms with Gasteiger partial charge in [-0.3, -0.25) is 9.59 Å². The predicted molar refractivity (Wildman–Crippen MR) is 89.4 cm³/mol. The van der Waals surface area contributed by atoms with Gasteiger partial charge in [-0.1, -0.05) is 6.07 Å². The van der Waals surface area contributed by atoms with E-state index in [4.69, 9.17) is 9.47 Å². The third-order valence-electron chi connectivity index (χ3n) is 3.74. The van der Waals surface area contributed by atoms with E-state index in [0.717, 1.165) is 12.8 Å². The van der Waals surface area contributed by atoms with Crippen LogP contribution in [0.1, 0.15) is 19.8 Å². The number of amides is 2. The minimum Gasteiger partial charge on any atom is -0.484 e. The maximum atomic E-state index is 11.9. The van der Waals surface area contributed by atoms with Crippen molar-refractivity contribution in [3.63, 3.8) is 0 Å². The summed E-state index contributed by atoms with van der Waals surface area (Å²) in [7, 11) is 1.35. The number of nitrogens with one attached hydrogen (secondary N) is 2. The van der Waals surface area contributed by atoms with Gasteiger partial charge in [0.05, 0.1) is 6.61 Å².